The van der Waals surface area contributed by atoms with E-state index in [1.165, 1.54) is 0 Å². The third-order valence-electron chi connectivity index (χ3n) is 0.200. The Kier molecular flexibility index (Phi) is 8.36. The van der Waals surface area contributed by atoms with Crippen molar-refractivity contribution < 1.29 is 15.1 Å². The van der Waals surface area contributed by atoms with Crippen molar-refractivity contribution in [3.8, 4) is 0 Å². The Hall–Kier alpha value is -1.06. The summed E-state index contributed by atoms with van der Waals surface area (Å²) >= 11 is 0. The van der Waals surface area contributed by atoms with Crippen molar-refractivity contribution in [2.24, 2.45) is 5.16 Å². The number of aliphatic carboxylic acids is 1. The molecule has 0 bridgehead atoms. The Morgan fingerprint density at radius 2 is 1.44 bits per heavy atom. The molecule has 0 aliphatic heterocycles. The van der Waals surface area contributed by atoms with Crippen molar-refractivity contribution in [1.82, 2.24) is 0 Å². The summed E-state index contributed by atoms with van der Waals surface area (Å²) < 4.78 is 0. The largest absolute Gasteiger partial charge is 0.481 e. The molecule has 54 valence electrons. The van der Waals surface area contributed by atoms with Crippen molar-refractivity contribution in [2.45, 2.75) is 20.8 Å². The zero-order chi connectivity index (χ0) is 7.86. The summed E-state index contributed by atoms with van der Waals surface area (Å²) in [5.41, 5.74) is 0.685. The van der Waals surface area contributed by atoms with E-state index < -0.39 is 5.97 Å². The Balaban J connectivity index is 0. The van der Waals surface area contributed by atoms with E-state index in [0.717, 1.165) is 6.92 Å². The number of hydrogen-bond acceptors (Lipinski definition) is 3. The molecule has 2 N–H and O–H groups in total. The van der Waals surface area contributed by atoms with Crippen LogP contribution >= 0.6 is 0 Å². The molecular weight excluding hydrogens is 122 g/mol. The molecule has 0 saturated carbocycles. The fourth-order valence-electron chi connectivity index (χ4n) is 0. The number of carboxylic acid groups (broad SMARTS) is 1. The van der Waals surface area contributed by atoms with Crippen molar-refractivity contribution >= 4 is 11.7 Å². The van der Waals surface area contributed by atoms with Gasteiger partial charge in [0.1, 0.15) is 0 Å². The van der Waals surface area contributed by atoms with Gasteiger partial charge in [0.2, 0.25) is 0 Å². The number of oxime groups is 1. The van der Waals surface area contributed by atoms with Crippen LogP contribution in [0.3, 0.4) is 0 Å². The van der Waals surface area contributed by atoms with Gasteiger partial charge in [-0.15, -0.1) is 0 Å². The third-order valence-corrected chi connectivity index (χ3v) is 0.200. The van der Waals surface area contributed by atoms with Crippen molar-refractivity contribution in [2.75, 3.05) is 0 Å². The number of nitrogens with zero attached hydrogens (tertiary/aromatic N) is 1. The molecule has 4 nitrogen and oxygen atoms in total. The molecule has 0 aromatic heterocycles. The second-order valence-corrected chi connectivity index (χ2v) is 1.57. The average molecular weight is 133 g/mol. The van der Waals surface area contributed by atoms with Gasteiger partial charge in [0.15, 0.2) is 0 Å². The molecule has 0 amide bonds. The van der Waals surface area contributed by atoms with E-state index in [-0.39, 0.29) is 0 Å². The Morgan fingerprint density at radius 1 is 1.33 bits per heavy atom. The summed E-state index contributed by atoms with van der Waals surface area (Å²) in [5, 5.41) is 18.0. The highest BCUT2D eigenvalue weighted by Gasteiger charge is 1.65. The minimum absolute atomic E-state index is 0.685. The first-order valence-corrected chi connectivity index (χ1v) is 2.35. The van der Waals surface area contributed by atoms with Gasteiger partial charge in [-0.25, -0.2) is 0 Å². The second-order valence-electron chi connectivity index (χ2n) is 1.57. The minimum Gasteiger partial charge on any atom is -0.481 e. The van der Waals surface area contributed by atoms with Gasteiger partial charge in [0.05, 0.1) is 5.71 Å². The van der Waals surface area contributed by atoms with Gasteiger partial charge in [-0.05, 0) is 13.8 Å². The standard InChI is InChI=1S/C3H7NO.C2H4O2/c1-3(2)4-5;1-2(3)4/h5H,1-2H3;1H3,(H,3,4). The number of rotatable bonds is 0. The van der Waals surface area contributed by atoms with E-state index in [9.17, 15) is 0 Å². The van der Waals surface area contributed by atoms with Crippen LogP contribution in [0.2, 0.25) is 0 Å². The summed E-state index contributed by atoms with van der Waals surface area (Å²) in [7, 11) is 0. The number of hydrogen-bond donors (Lipinski definition) is 2. The van der Waals surface area contributed by atoms with Crippen molar-refractivity contribution in [3.63, 3.8) is 0 Å². The fourth-order valence-corrected chi connectivity index (χ4v) is 0. The molecule has 0 unspecified atom stereocenters. The molecule has 0 radical (unpaired) electrons. The van der Waals surface area contributed by atoms with E-state index in [4.69, 9.17) is 15.1 Å². The van der Waals surface area contributed by atoms with Crippen LogP contribution in [0.5, 0.6) is 0 Å². The maximum Gasteiger partial charge on any atom is 0.300 e. The smallest absolute Gasteiger partial charge is 0.300 e. The molecule has 4 heteroatoms. The van der Waals surface area contributed by atoms with E-state index >= 15 is 0 Å². The van der Waals surface area contributed by atoms with Crippen LogP contribution in [0.1, 0.15) is 20.8 Å². The highest BCUT2D eigenvalue weighted by molar-refractivity contribution is 5.78. The van der Waals surface area contributed by atoms with E-state index in [1.807, 2.05) is 0 Å². The lowest BCUT2D eigenvalue weighted by Gasteiger charge is -1.72. The zero-order valence-corrected chi connectivity index (χ0v) is 5.75. The molecule has 0 aliphatic rings. The van der Waals surface area contributed by atoms with Gasteiger partial charge in [-0.2, -0.15) is 0 Å². The first-order valence-electron chi connectivity index (χ1n) is 2.35. The molecule has 9 heavy (non-hydrogen) atoms. The second kappa shape index (κ2) is 6.94. The SMILES string of the molecule is CC(=O)O.CC(C)=NO. The lowest BCUT2D eigenvalue weighted by Crippen LogP contribution is -1.78. The van der Waals surface area contributed by atoms with Gasteiger partial charge in [0.25, 0.3) is 5.97 Å². The van der Waals surface area contributed by atoms with Gasteiger partial charge in [-0.3, -0.25) is 4.79 Å². The van der Waals surface area contributed by atoms with Crippen LogP contribution in [0.25, 0.3) is 0 Å². The van der Waals surface area contributed by atoms with Crippen molar-refractivity contribution in [1.29, 1.82) is 0 Å². The van der Waals surface area contributed by atoms with Gasteiger partial charge >= 0.3 is 0 Å². The predicted molar refractivity (Wildman–Crippen MR) is 33.9 cm³/mol. The highest BCUT2D eigenvalue weighted by atomic mass is 16.4. The van der Waals surface area contributed by atoms with Crippen LogP contribution in [0.4, 0.5) is 0 Å². The predicted octanol–water partition coefficient (Wildman–Crippen LogP) is 0.947. The fraction of sp³-hybridized carbons (Fsp3) is 0.600. The molecule has 0 aromatic rings. The molecule has 0 heterocycles. The lowest BCUT2D eigenvalue weighted by molar-refractivity contribution is -0.134. The Labute approximate surface area is 53.8 Å². The zero-order valence-electron chi connectivity index (χ0n) is 5.75. The van der Waals surface area contributed by atoms with Crippen LogP contribution in [-0.4, -0.2) is 22.0 Å². The molecule has 0 spiro atoms. The summed E-state index contributed by atoms with van der Waals surface area (Å²) in [5.74, 6) is -0.833. The van der Waals surface area contributed by atoms with E-state index in [1.54, 1.807) is 13.8 Å². The lowest BCUT2D eigenvalue weighted by atomic mass is 10.5. The summed E-state index contributed by atoms with van der Waals surface area (Å²) in [4.78, 5) is 9.00. The first-order chi connectivity index (χ1) is 4.00. The molecule has 0 aliphatic carbocycles. The van der Waals surface area contributed by atoms with Crippen molar-refractivity contribution in [3.05, 3.63) is 0 Å². The van der Waals surface area contributed by atoms with Gasteiger partial charge < -0.3 is 10.3 Å². The number of carbonyl (C=O) groups is 1. The van der Waals surface area contributed by atoms with Crippen LogP contribution in [0, 0.1) is 0 Å². The quantitative estimate of drug-likeness (QED) is 0.293. The van der Waals surface area contributed by atoms with Gasteiger partial charge in [0, 0.05) is 6.92 Å². The Morgan fingerprint density at radius 3 is 1.44 bits per heavy atom. The van der Waals surface area contributed by atoms with Gasteiger partial charge in [-0.1, -0.05) is 5.16 Å². The van der Waals surface area contributed by atoms with E-state index in [0.29, 0.717) is 5.71 Å². The van der Waals surface area contributed by atoms with Crippen LogP contribution < -0.4 is 0 Å². The van der Waals surface area contributed by atoms with Crippen LogP contribution in [0.15, 0.2) is 5.16 Å². The minimum atomic E-state index is -0.833. The molecular formula is C5H11NO3. The maximum atomic E-state index is 9.00. The number of carboxylic acids is 1. The van der Waals surface area contributed by atoms with Crippen LogP contribution in [-0.2, 0) is 4.79 Å². The topological polar surface area (TPSA) is 69.9 Å². The maximum absolute atomic E-state index is 9.00. The summed E-state index contributed by atoms with van der Waals surface area (Å²) in [6, 6.07) is 0. The third kappa shape index (κ3) is 192. The summed E-state index contributed by atoms with van der Waals surface area (Å²) in [6.45, 7) is 4.53. The van der Waals surface area contributed by atoms with E-state index in [2.05, 4.69) is 5.16 Å². The molecule has 0 saturated heterocycles. The average Bonchev–Trinajstić information content (AvgIpc) is 1.65. The molecule has 0 atom stereocenters. The first kappa shape index (κ1) is 10.8. The Bertz CT molecular complexity index is 101. The highest BCUT2D eigenvalue weighted by Crippen LogP contribution is 1.62. The molecule has 0 fully saturated rings. The normalized spacial score (nSPS) is 6.56. The molecule has 0 rings (SSSR count). The monoisotopic (exact) mass is 133 g/mol. The summed E-state index contributed by atoms with van der Waals surface area (Å²) in [6.07, 6.45) is 0. The molecule has 0 aromatic carbocycles.